The average molecular weight is 397 g/mol. The molecular weight excluding hydrogens is 380 g/mol. The molecule has 7 heteroatoms. The number of amides is 1. The Morgan fingerprint density at radius 2 is 1.96 bits per heavy atom. The number of hydrogen-bond acceptors (Lipinski definition) is 5. The third-order valence-electron chi connectivity index (χ3n) is 3.38. The molecule has 0 aliphatic heterocycles. The zero-order valence-corrected chi connectivity index (χ0v) is 15.6. The molecule has 0 heterocycles. The van der Waals surface area contributed by atoms with Crippen LogP contribution in [-0.2, 0) is 14.3 Å². The maximum atomic E-state index is 11.8. The number of esters is 1. The zero-order valence-electron chi connectivity index (χ0n) is 14.9. The van der Waals surface area contributed by atoms with Crippen LogP contribution in [0.1, 0.15) is 11.1 Å². The van der Waals surface area contributed by atoms with Crippen LogP contribution in [0, 0.1) is 11.3 Å². The highest BCUT2D eigenvalue weighted by Gasteiger charge is 2.07. The number of rotatable bonds is 8. The second-order valence-electron chi connectivity index (χ2n) is 5.46. The van der Waals surface area contributed by atoms with E-state index in [9.17, 15) is 9.59 Å². The Balaban J connectivity index is 1.80. The minimum Gasteiger partial charge on any atom is -0.490 e. The summed E-state index contributed by atoms with van der Waals surface area (Å²) in [6, 6.07) is 13.5. The fourth-order valence-electron chi connectivity index (χ4n) is 2.06. The van der Waals surface area contributed by atoms with Crippen molar-refractivity contribution >= 4 is 35.2 Å². The van der Waals surface area contributed by atoms with Gasteiger partial charge in [0.2, 0.25) is 0 Å². The van der Waals surface area contributed by atoms with Gasteiger partial charge in [-0.3, -0.25) is 4.79 Å². The summed E-state index contributed by atoms with van der Waals surface area (Å²) >= 11 is 5.89. The number of nitrogens with zero attached hydrogens (tertiary/aromatic N) is 1. The van der Waals surface area contributed by atoms with Gasteiger partial charge in [-0.05, 0) is 42.0 Å². The predicted molar refractivity (Wildman–Crippen MR) is 107 cm³/mol. The summed E-state index contributed by atoms with van der Waals surface area (Å²) in [6.45, 7) is 3.54. The van der Waals surface area contributed by atoms with Gasteiger partial charge in [-0.2, -0.15) is 5.26 Å². The van der Waals surface area contributed by atoms with E-state index in [0.29, 0.717) is 23.6 Å². The molecule has 2 aromatic carbocycles. The van der Waals surface area contributed by atoms with Crippen LogP contribution in [-0.4, -0.2) is 25.1 Å². The Kier molecular flexibility index (Phi) is 7.82. The van der Waals surface area contributed by atoms with Crippen molar-refractivity contribution in [3.63, 3.8) is 0 Å². The first-order valence-electron chi connectivity index (χ1n) is 8.20. The normalized spacial score (nSPS) is 10.1. The van der Waals surface area contributed by atoms with Gasteiger partial charge in [0.05, 0.1) is 10.6 Å². The van der Waals surface area contributed by atoms with E-state index in [1.807, 2.05) is 6.07 Å². The van der Waals surface area contributed by atoms with Crippen molar-refractivity contribution in [3.8, 4) is 11.8 Å². The van der Waals surface area contributed by atoms with Gasteiger partial charge in [0, 0.05) is 11.8 Å². The lowest BCUT2D eigenvalue weighted by Gasteiger charge is -2.06. The lowest BCUT2D eigenvalue weighted by Crippen LogP contribution is -2.20. The number of ether oxygens (including phenoxy) is 2. The first-order valence-corrected chi connectivity index (χ1v) is 8.57. The van der Waals surface area contributed by atoms with Crippen molar-refractivity contribution in [3.05, 3.63) is 77.3 Å². The SMILES string of the molecule is C=CCOc1ccc(/C=C/C(=O)OCC(=O)Nc2ccc(C#N)c(Cl)c2)cc1. The molecular formula is C21H17ClN2O4. The Labute approximate surface area is 167 Å². The molecule has 0 aliphatic carbocycles. The van der Waals surface area contributed by atoms with Crippen LogP contribution in [0.2, 0.25) is 5.02 Å². The lowest BCUT2D eigenvalue weighted by atomic mass is 10.2. The quantitative estimate of drug-likeness (QED) is 0.414. The largest absolute Gasteiger partial charge is 0.490 e. The summed E-state index contributed by atoms with van der Waals surface area (Å²) in [6.07, 6.45) is 4.44. The van der Waals surface area contributed by atoms with Crippen LogP contribution < -0.4 is 10.1 Å². The smallest absolute Gasteiger partial charge is 0.331 e. The number of anilines is 1. The Morgan fingerprint density at radius 1 is 1.21 bits per heavy atom. The van der Waals surface area contributed by atoms with Gasteiger partial charge < -0.3 is 14.8 Å². The molecule has 142 valence electrons. The standard InChI is InChI=1S/C21H17ClN2O4/c1-2-11-27-18-8-3-15(4-9-18)5-10-21(26)28-14-20(25)24-17-7-6-16(13-23)19(22)12-17/h2-10,12H,1,11,14H2,(H,24,25)/b10-5+. The van der Waals surface area contributed by atoms with Crippen LogP contribution in [0.25, 0.3) is 6.08 Å². The highest BCUT2D eigenvalue weighted by Crippen LogP contribution is 2.20. The Morgan fingerprint density at radius 3 is 2.61 bits per heavy atom. The number of nitrogens with one attached hydrogen (secondary N) is 1. The molecule has 0 saturated carbocycles. The molecule has 0 atom stereocenters. The maximum Gasteiger partial charge on any atom is 0.331 e. The van der Waals surface area contributed by atoms with Gasteiger partial charge in [-0.25, -0.2) is 4.79 Å². The maximum absolute atomic E-state index is 11.8. The van der Waals surface area contributed by atoms with E-state index in [-0.39, 0.29) is 5.02 Å². The third-order valence-corrected chi connectivity index (χ3v) is 3.69. The molecule has 2 rings (SSSR count). The number of benzene rings is 2. The van der Waals surface area contributed by atoms with E-state index < -0.39 is 18.5 Å². The lowest BCUT2D eigenvalue weighted by molar-refractivity contribution is -0.142. The molecule has 0 saturated heterocycles. The number of nitriles is 1. The highest BCUT2D eigenvalue weighted by atomic mass is 35.5. The minimum atomic E-state index is -0.653. The van der Waals surface area contributed by atoms with Gasteiger partial charge in [0.1, 0.15) is 18.4 Å². The van der Waals surface area contributed by atoms with Gasteiger partial charge in [0.15, 0.2) is 6.61 Å². The first-order chi connectivity index (χ1) is 13.5. The summed E-state index contributed by atoms with van der Waals surface area (Å²) in [7, 11) is 0. The third kappa shape index (κ3) is 6.63. The zero-order chi connectivity index (χ0) is 20.4. The van der Waals surface area contributed by atoms with E-state index in [1.54, 1.807) is 36.4 Å². The van der Waals surface area contributed by atoms with E-state index in [4.69, 9.17) is 26.3 Å². The fourth-order valence-corrected chi connectivity index (χ4v) is 2.28. The number of carbonyl (C=O) groups is 2. The summed E-state index contributed by atoms with van der Waals surface area (Å²) in [5.74, 6) is -0.481. The molecule has 2 aromatic rings. The topological polar surface area (TPSA) is 88.4 Å². The Hall–Kier alpha value is -3.56. The summed E-state index contributed by atoms with van der Waals surface area (Å²) in [5.41, 5.74) is 1.48. The predicted octanol–water partition coefficient (Wildman–Crippen LogP) is 3.97. The molecule has 28 heavy (non-hydrogen) atoms. The molecule has 0 fully saturated rings. The fraction of sp³-hybridized carbons (Fsp3) is 0.0952. The molecule has 1 N–H and O–H groups in total. The molecule has 0 aliphatic rings. The number of halogens is 1. The van der Waals surface area contributed by atoms with Crippen molar-refractivity contribution in [2.45, 2.75) is 0 Å². The van der Waals surface area contributed by atoms with E-state index >= 15 is 0 Å². The summed E-state index contributed by atoms with van der Waals surface area (Å²) in [4.78, 5) is 23.6. The van der Waals surface area contributed by atoms with Crippen LogP contribution in [0.5, 0.6) is 5.75 Å². The molecule has 0 unspecified atom stereocenters. The summed E-state index contributed by atoms with van der Waals surface area (Å²) in [5, 5.41) is 11.6. The van der Waals surface area contributed by atoms with Crippen molar-refractivity contribution in [1.82, 2.24) is 0 Å². The molecule has 0 bridgehead atoms. The van der Waals surface area contributed by atoms with Crippen molar-refractivity contribution in [2.24, 2.45) is 0 Å². The summed E-state index contributed by atoms with van der Waals surface area (Å²) < 4.78 is 10.3. The first kappa shape index (κ1) is 20.7. The molecule has 1 amide bonds. The monoisotopic (exact) mass is 396 g/mol. The van der Waals surface area contributed by atoms with Crippen LogP contribution in [0.15, 0.2) is 61.2 Å². The highest BCUT2D eigenvalue weighted by molar-refractivity contribution is 6.32. The van der Waals surface area contributed by atoms with Crippen LogP contribution in [0.3, 0.4) is 0 Å². The van der Waals surface area contributed by atoms with E-state index in [2.05, 4.69) is 11.9 Å². The van der Waals surface area contributed by atoms with Crippen molar-refractivity contribution in [2.75, 3.05) is 18.5 Å². The van der Waals surface area contributed by atoms with Crippen molar-refractivity contribution in [1.29, 1.82) is 5.26 Å². The molecule has 0 radical (unpaired) electrons. The van der Waals surface area contributed by atoms with Gasteiger partial charge in [-0.1, -0.05) is 36.4 Å². The van der Waals surface area contributed by atoms with Crippen LogP contribution in [0.4, 0.5) is 5.69 Å². The molecule has 0 spiro atoms. The minimum absolute atomic E-state index is 0.223. The van der Waals surface area contributed by atoms with E-state index in [0.717, 1.165) is 5.56 Å². The van der Waals surface area contributed by atoms with E-state index in [1.165, 1.54) is 24.3 Å². The number of hydrogen-bond donors (Lipinski definition) is 1. The Bertz CT molecular complexity index is 930. The van der Waals surface area contributed by atoms with Crippen LogP contribution >= 0.6 is 11.6 Å². The van der Waals surface area contributed by atoms with Crippen molar-refractivity contribution < 1.29 is 19.1 Å². The van der Waals surface area contributed by atoms with Gasteiger partial charge in [-0.15, -0.1) is 0 Å². The second kappa shape index (κ2) is 10.6. The van der Waals surface area contributed by atoms with Gasteiger partial charge in [0.25, 0.3) is 5.91 Å². The molecule has 6 nitrogen and oxygen atoms in total. The molecule has 0 aromatic heterocycles. The van der Waals surface area contributed by atoms with Gasteiger partial charge >= 0.3 is 5.97 Å². The average Bonchev–Trinajstić information content (AvgIpc) is 2.70. The second-order valence-corrected chi connectivity index (χ2v) is 5.87. The number of carbonyl (C=O) groups excluding carboxylic acids is 2.